The summed E-state index contributed by atoms with van der Waals surface area (Å²) in [5.74, 6) is -0.154. The van der Waals surface area contributed by atoms with Gasteiger partial charge in [0.2, 0.25) is 10.0 Å². The molecule has 6 nitrogen and oxygen atoms in total. The van der Waals surface area contributed by atoms with Crippen LogP contribution < -0.4 is 5.32 Å². The predicted molar refractivity (Wildman–Crippen MR) is 66.5 cm³/mol. The van der Waals surface area contributed by atoms with E-state index in [-0.39, 0.29) is 24.8 Å². The molecule has 0 spiro atoms. The molecule has 104 valence electrons. The first-order chi connectivity index (χ1) is 8.54. The smallest absolute Gasteiger partial charge is 0.306 e. The molecule has 2 saturated heterocycles. The summed E-state index contributed by atoms with van der Waals surface area (Å²) in [4.78, 5) is 11.2. The van der Waals surface area contributed by atoms with Crippen LogP contribution in [0.15, 0.2) is 0 Å². The summed E-state index contributed by atoms with van der Waals surface area (Å²) in [6.07, 6.45) is 0.855. The Morgan fingerprint density at radius 2 is 2.22 bits per heavy atom. The van der Waals surface area contributed by atoms with Gasteiger partial charge in [-0.3, -0.25) is 4.79 Å². The van der Waals surface area contributed by atoms with Crippen molar-refractivity contribution in [1.29, 1.82) is 0 Å². The van der Waals surface area contributed by atoms with Crippen LogP contribution >= 0.6 is 0 Å². The van der Waals surface area contributed by atoms with Gasteiger partial charge in [0.25, 0.3) is 0 Å². The van der Waals surface area contributed by atoms with E-state index in [2.05, 4.69) is 5.32 Å². The minimum absolute atomic E-state index is 0.0580. The van der Waals surface area contributed by atoms with E-state index in [1.54, 1.807) is 11.2 Å². The second kappa shape index (κ2) is 5.54. The first-order valence-electron chi connectivity index (χ1n) is 6.40. The van der Waals surface area contributed by atoms with Crippen molar-refractivity contribution in [3.63, 3.8) is 0 Å². The maximum atomic E-state index is 12.2. The third-order valence-corrected chi connectivity index (χ3v) is 5.51. The van der Waals surface area contributed by atoms with Crippen molar-refractivity contribution in [3.8, 4) is 0 Å². The second-order valence-corrected chi connectivity index (χ2v) is 6.80. The molecule has 18 heavy (non-hydrogen) atoms. The molecule has 0 aromatic rings. The Balaban J connectivity index is 1.92. The zero-order valence-corrected chi connectivity index (χ0v) is 11.4. The average Bonchev–Trinajstić information content (AvgIpc) is 2.88. The monoisotopic (exact) mass is 276 g/mol. The molecule has 0 aromatic carbocycles. The molecule has 1 N–H and O–H groups in total. The molecule has 2 heterocycles. The summed E-state index contributed by atoms with van der Waals surface area (Å²) in [6, 6.07) is 0.0807. The standard InChI is InChI=1S/C11H20N2O4S/c1-2-17-11(14)4-6-18(15,16)13-5-3-9-7-12-8-10(9)13/h9-10,12H,2-8H2,1H3/t9-,10+/m0/s1. The van der Waals surface area contributed by atoms with Gasteiger partial charge in [-0.05, 0) is 25.8 Å². The molecule has 0 bridgehead atoms. The predicted octanol–water partition coefficient (Wildman–Crippen LogP) is -0.437. The van der Waals surface area contributed by atoms with Crippen LogP contribution in [0.3, 0.4) is 0 Å². The van der Waals surface area contributed by atoms with Crippen LogP contribution in [0.4, 0.5) is 0 Å². The highest BCUT2D eigenvalue weighted by Crippen LogP contribution is 2.29. The summed E-state index contributed by atoms with van der Waals surface area (Å²) in [6.45, 7) is 4.21. The van der Waals surface area contributed by atoms with E-state index in [0.717, 1.165) is 19.5 Å². The lowest BCUT2D eigenvalue weighted by molar-refractivity contribution is -0.142. The van der Waals surface area contributed by atoms with Crippen molar-refractivity contribution in [1.82, 2.24) is 9.62 Å². The van der Waals surface area contributed by atoms with Crippen LogP contribution in [-0.4, -0.2) is 56.7 Å². The Bertz CT molecular complexity index is 409. The average molecular weight is 276 g/mol. The number of nitrogens with zero attached hydrogens (tertiary/aromatic N) is 1. The number of ether oxygens (including phenoxy) is 1. The van der Waals surface area contributed by atoms with E-state index >= 15 is 0 Å². The topological polar surface area (TPSA) is 75.7 Å². The first-order valence-corrected chi connectivity index (χ1v) is 8.01. The molecule has 2 aliphatic heterocycles. The Labute approximate surface area is 108 Å². The number of carbonyl (C=O) groups excluding carboxylic acids is 1. The van der Waals surface area contributed by atoms with Crippen molar-refractivity contribution in [2.24, 2.45) is 5.92 Å². The molecule has 2 rings (SSSR count). The van der Waals surface area contributed by atoms with E-state index in [1.807, 2.05) is 0 Å². The van der Waals surface area contributed by atoms with Crippen molar-refractivity contribution < 1.29 is 17.9 Å². The Hall–Kier alpha value is -0.660. The van der Waals surface area contributed by atoms with Gasteiger partial charge in [0.15, 0.2) is 0 Å². The van der Waals surface area contributed by atoms with Crippen LogP contribution in [0.1, 0.15) is 19.8 Å². The third-order valence-electron chi connectivity index (χ3n) is 3.62. The largest absolute Gasteiger partial charge is 0.466 e. The second-order valence-electron chi connectivity index (χ2n) is 4.76. The SMILES string of the molecule is CCOC(=O)CCS(=O)(=O)N1CC[C@H]2CNC[C@H]21. The van der Waals surface area contributed by atoms with Crippen molar-refractivity contribution in [3.05, 3.63) is 0 Å². The van der Waals surface area contributed by atoms with Crippen LogP contribution in [0.5, 0.6) is 0 Å². The van der Waals surface area contributed by atoms with Gasteiger partial charge in [0, 0.05) is 19.1 Å². The summed E-state index contributed by atoms with van der Waals surface area (Å²) >= 11 is 0. The summed E-state index contributed by atoms with van der Waals surface area (Å²) in [5, 5.41) is 3.21. The number of sulfonamides is 1. The normalized spacial score (nSPS) is 28.3. The fourth-order valence-corrected chi connectivity index (χ4v) is 4.42. The van der Waals surface area contributed by atoms with Crippen LogP contribution in [-0.2, 0) is 19.6 Å². The zero-order valence-electron chi connectivity index (χ0n) is 10.6. The van der Waals surface area contributed by atoms with E-state index in [4.69, 9.17) is 4.74 Å². The molecule has 0 aromatic heterocycles. The van der Waals surface area contributed by atoms with E-state index in [1.165, 1.54) is 0 Å². The molecular weight excluding hydrogens is 256 g/mol. The number of nitrogens with one attached hydrogen (secondary N) is 1. The molecule has 7 heteroatoms. The molecule has 0 radical (unpaired) electrons. The fourth-order valence-electron chi connectivity index (χ4n) is 2.72. The van der Waals surface area contributed by atoms with Gasteiger partial charge < -0.3 is 10.1 Å². The lowest BCUT2D eigenvalue weighted by Crippen LogP contribution is -2.40. The van der Waals surface area contributed by atoms with E-state index in [9.17, 15) is 13.2 Å². The highest BCUT2D eigenvalue weighted by molar-refractivity contribution is 7.89. The van der Waals surface area contributed by atoms with Gasteiger partial charge in [0.1, 0.15) is 0 Å². The van der Waals surface area contributed by atoms with Gasteiger partial charge >= 0.3 is 5.97 Å². The number of carbonyl (C=O) groups is 1. The number of esters is 1. The highest BCUT2D eigenvalue weighted by Gasteiger charge is 2.43. The van der Waals surface area contributed by atoms with Crippen LogP contribution in [0.25, 0.3) is 0 Å². The molecule has 2 fully saturated rings. The minimum Gasteiger partial charge on any atom is -0.466 e. The van der Waals surface area contributed by atoms with Crippen molar-refractivity contribution in [2.45, 2.75) is 25.8 Å². The molecule has 0 unspecified atom stereocenters. The van der Waals surface area contributed by atoms with Gasteiger partial charge in [-0.2, -0.15) is 4.31 Å². The number of hydrogen-bond acceptors (Lipinski definition) is 5. The third kappa shape index (κ3) is 2.84. The zero-order chi connectivity index (χ0) is 13.2. The molecule has 0 aliphatic carbocycles. The number of rotatable bonds is 5. The summed E-state index contributed by atoms with van der Waals surface area (Å²) in [7, 11) is -3.34. The van der Waals surface area contributed by atoms with E-state index in [0.29, 0.717) is 12.5 Å². The highest BCUT2D eigenvalue weighted by atomic mass is 32.2. The van der Waals surface area contributed by atoms with Crippen molar-refractivity contribution in [2.75, 3.05) is 32.0 Å². The molecule has 0 saturated carbocycles. The first kappa shape index (κ1) is 13.8. The quantitative estimate of drug-likeness (QED) is 0.689. The summed E-state index contributed by atoms with van der Waals surface area (Å²) in [5.41, 5.74) is 0. The number of fused-ring (bicyclic) bond motifs is 1. The molecule has 2 atom stereocenters. The van der Waals surface area contributed by atoms with Crippen molar-refractivity contribution >= 4 is 16.0 Å². The lowest BCUT2D eigenvalue weighted by atomic mass is 10.1. The molecule has 0 amide bonds. The van der Waals surface area contributed by atoms with Gasteiger partial charge in [-0.1, -0.05) is 0 Å². The lowest BCUT2D eigenvalue weighted by Gasteiger charge is -2.22. The fraction of sp³-hybridized carbons (Fsp3) is 0.909. The van der Waals surface area contributed by atoms with Gasteiger partial charge in [-0.15, -0.1) is 0 Å². The number of hydrogen-bond donors (Lipinski definition) is 1. The summed E-state index contributed by atoms with van der Waals surface area (Å²) < 4.78 is 30.7. The Morgan fingerprint density at radius 1 is 1.44 bits per heavy atom. The van der Waals surface area contributed by atoms with Gasteiger partial charge in [0.05, 0.1) is 18.8 Å². The van der Waals surface area contributed by atoms with Crippen LogP contribution in [0.2, 0.25) is 0 Å². The Morgan fingerprint density at radius 3 is 2.94 bits per heavy atom. The van der Waals surface area contributed by atoms with E-state index < -0.39 is 16.0 Å². The molecular formula is C11H20N2O4S. The maximum absolute atomic E-state index is 12.2. The maximum Gasteiger partial charge on any atom is 0.306 e. The Kier molecular flexibility index (Phi) is 4.24. The van der Waals surface area contributed by atoms with Crippen LogP contribution in [0, 0.1) is 5.92 Å². The minimum atomic E-state index is -3.34. The van der Waals surface area contributed by atoms with Gasteiger partial charge in [-0.25, -0.2) is 8.42 Å². The molecule has 2 aliphatic rings.